The van der Waals surface area contributed by atoms with Gasteiger partial charge in [0.15, 0.2) is 0 Å². The zero-order valence-electron chi connectivity index (χ0n) is 18.1. The maximum atomic E-state index is 15.1. The SMILES string of the molecule is CCCCN1CC=C(c2cccc(F)c2C2CC(C)(C)CC(C)(C)C2)CC1. The molecule has 1 fully saturated rings. The second-order valence-electron chi connectivity index (χ2n) is 10.4. The van der Waals surface area contributed by atoms with Crippen LogP contribution >= 0.6 is 0 Å². The molecule has 1 aliphatic heterocycles. The summed E-state index contributed by atoms with van der Waals surface area (Å²) in [6.45, 7) is 15.0. The second kappa shape index (κ2) is 8.07. The molecule has 0 atom stereocenters. The standard InChI is InChI=1S/C25H38FN/c1-6-7-13-27-14-11-19(12-15-27)21-9-8-10-22(26)23(21)20-16-24(2,3)18-25(4,5)17-20/h8-11,20H,6-7,12-18H2,1-5H3. The molecule has 0 bridgehead atoms. The molecule has 0 aromatic heterocycles. The Labute approximate surface area is 166 Å². The van der Waals surface area contributed by atoms with Gasteiger partial charge in [-0.05, 0) is 78.2 Å². The molecule has 0 amide bonds. The van der Waals surface area contributed by atoms with Crippen molar-refractivity contribution in [1.29, 1.82) is 0 Å². The van der Waals surface area contributed by atoms with Gasteiger partial charge in [-0.25, -0.2) is 4.39 Å². The molecule has 0 N–H and O–H groups in total. The van der Waals surface area contributed by atoms with Gasteiger partial charge in [0.2, 0.25) is 0 Å². The van der Waals surface area contributed by atoms with E-state index in [1.54, 1.807) is 6.07 Å². The highest BCUT2D eigenvalue weighted by Crippen LogP contribution is 2.53. The first-order valence-electron chi connectivity index (χ1n) is 10.9. The van der Waals surface area contributed by atoms with Crippen LogP contribution in [-0.2, 0) is 0 Å². The first kappa shape index (κ1) is 20.6. The first-order chi connectivity index (χ1) is 12.7. The van der Waals surface area contributed by atoms with Gasteiger partial charge in [-0.1, -0.05) is 59.2 Å². The number of halogens is 1. The number of hydrogen-bond donors (Lipinski definition) is 0. The Morgan fingerprint density at radius 1 is 1.11 bits per heavy atom. The fourth-order valence-corrected chi connectivity index (χ4v) is 5.82. The molecule has 3 rings (SSSR count). The molecule has 27 heavy (non-hydrogen) atoms. The lowest BCUT2D eigenvalue weighted by molar-refractivity contribution is 0.0956. The maximum Gasteiger partial charge on any atom is 0.127 e. The van der Waals surface area contributed by atoms with E-state index in [2.05, 4.69) is 51.7 Å². The molecular formula is C25H38FN. The van der Waals surface area contributed by atoms with Gasteiger partial charge in [0, 0.05) is 13.1 Å². The average molecular weight is 372 g/mol. The highest BCUT2D eigenvalue weighted by Gasteiger charge is 2.40. The minimum atomic E-state index is 0.000289. The molecule has 1 nitrogen and oxygen atoms in total. The van der Waals surface area contributed by atoms with Crippen molar-refractivity contribution >= 4 is 5.57 Å². The van der Waals surface area contributed by atoms with E-state index in [0.717, 1.165) is 37.9 Å². The smallest absolute Gasteiger partial charge is 0.127 e. The fourth-order valence-electron chi connectivity index (χ4n) is 5.82. The molecule has 150 valence electrons. The van der Waals surface area contributed by atoms with Crippen LogP contribution in [0.3, 0.4) is 0 Å². The number of hydrogen-bond acceptors (Lipinski definition) is 1. The van der Waals surface area contributed by atoms with Crippen molar-refractivity contribution < 1.29 is 4.39 Å². The van der Waals surface area contributed by atoms with Gasteiger partial charge in [0.1, 0.15) is 5.82 Å². The summed E-state index contributed by atoms with van der Waals surface area (Å²) in [5.74, 6) is 0.319. The Balaban J connectivity index is 1.89. The highest BCUT2D eigenvalue weighted by molar-refractivity contribution is 5.70. The second-order valence-corrected chi connectivity index (χ2v) is 10.4. The van der Waals surface area contributed by atoms with Crippen molar-refractivity contribution in [2.24, 2.45) is 10.8 Å². The van der Waals surface area contributed by atoms with Crippen LogP contribution in [-0.4, -0.2) is 24.5 Å². The predicted octanol–water partition coefficient (Wildman–Crippen LogP) is 7.03. The molecular weight excluding hydrogens is 333 g/mol. The summed E-state index contributed by atoms with van der Waals surface area (Å²) >= 11 is 0. The lowest BCUT2D eigenvalue weighted by atomic mass is 9.59. The third-order valence-corrected chi connectivity index (χ3v) is 6.48. The Morgan fingerprint density at radius 2 is 1.81 bits per heavy atom. The van der Waals surface area contributed by atoms with Crippen molar-refractivity contribution in [2.75, 3.05) is 19.6 Å². The minimum Gasteiger partial charge on any atom is -0.299 e. The van der Waals surface area contributed by atoms with Gasteiger partial charge < -0.3 is 0 Å². The number of unbranched alkanes of at least 4 members (excludes halogenated alkanes) is 1. The van der Waals surface area contributed by atoms with Gasteiger partial charge in [0.25, 0.3) is 0 Å². The quantitative estimate of drug-likeness (QED) is 0.537. The maximum absolute atomic E-state index is 15.1. The van der Waals surface area contributed by atoms with Crippen LogP contribution in [0.4, 0.5) is 4.39 Å². The van der Waals surface area contributed by atoms with E-state index in [1.807, 2.05) is 6.07 Å². The van der Waals surface area contributed by atoms with E-state index < -0.39 is 0 Å². The Bertz CT molecular complexity index is 670. The molecule has 2 heteroatoms. The molecule has 0 spiro atoms. The minimum absolute atomic E-state index is 0.000289. The molecule has 1 heterocycles. The van der Waals surface area contributed by atoms with E-state index >= 15 is 4.39 Å². The van der Waals surface area contributed by atoms with Gasteiger partial charge in [-0.2, -0.15) is 0 Å². The largest absolute Gasteiger partial charge is 0.299 e. The summed E-state index contributed by atoms with van der Waals surface area (Å²) in [5, 5.41) is 0. The molecule has 0 saturated heterocycles. The van der Waals surface area contributed by atoms with E-state index in [1.165, 1.54) is 36.9 Å². The van der Waals surface area contributed by atoms with Gasteiger partial charge >= 0.3 is 0 Å². The lowest BCUT2D eigenvalue weighted by Gasteiger charge is -2.45. The van der Waals surface area contributed by atoms with Crippen LogP contribution < -0.4 is 0 Å². The molecule has 2 aliphatic rings. The number of benzene rings is 1. The number of nitrogens with zero attached hydrogens (tertiary/aromatic N) is 1. The monoisotopic (exact) mass is 371 g/mol. The van der Waals surface area contributed by atoms with Gasteiger partial charge in [-0.15, -0.1) is 0 Å². The van der Waals surface area contributed by atoms with Crippen LogP contribution in [0.25, 0.3) is 5.57 Å². The third-order valence-electron chi connectivity index (χ3n) is 6.48. The van der Waals surface area contributed by atoms with Crippen molar-refractivity contribution in [1.82, 2.24) is 4.90 Å². The van der Waals surface area contributed by atoms with Crippen LogP contribution in [0, 0.1) is 16.6 Å². The van der Waals surface area contributed by atoms with Crippen LogP contribution in [0.5, 0.6) is 0 Å². The van der Waals surface area contributed by atoms with E-state index in [0.29, 0.717) is 5.92 Å². The van der Waals surface area contributed by atoms with Crippen molar-refractivity contribution in [3.8, 4) is 0 Å². The zero-order valence-corrected chi connectivity index (χ0v) is 18.1. The first-order valence-corrected chi connectivity index (χ1v) is 10.9. The summed E-state index contributed by atoms with van der Waals surface area (Å²) in [6, 6.07) is 5.74. The normalized spacial score (nSPS) is 23.3. The predicted molar refractivity (Wildman–Crippen MR) is 114 cm³/mol. The molecule has 0 radical (unpaired) electrons. The van der Waals surface area contributed by atoms with Crippen LogP contribution in [0.2, 0.25) is 0 Å². The van der Waals surface area contributed by atoms with E-state index in [4.69, 9.17) is 0 Å². The zero-order chi connectivity index (χ0) is 19.7. The summed E-state index contributed by atoms with van der Waals surface area (Å²) in [7, 11) is 0. The molecule has 1 aromatic carbocycles. The summed E-state index contributed by atoms with van der Waals surface area (Å²) in [6.07, 6.45) is 9.29. The number of rotatable bonds is 5. The third kappa shape index (κ3) is 5.02. The lowest BCUT2D eigenvalue weighted by Crippen LogP contribution is -2.34. The van der Waals surface area contributed by atoms with Gasteiger partial charge in [0.05, 0.1) is 0 Å². The Kier molecular flexibility index (Phi) is 6.15. The van der Waals surface area contributed by atoms with Crippen molar-refractivity contribution in [3.05, 3.63) is 41.2 Å². The average Bonchev–Trinajstić information content (AvgIpc) is 2.57. The topological polar surface area (TPSA) is 3.24 Å². The van der Waals surface area contributed by atoms with Crippen LogP contribution in [0.15, 0.2) is 24.3 Å². The summed E-state index contributed by atoms with van der Waals surface area (Å²) < 4.78 is 15.1. The molecule has 1 saturated carbocycles. The van der Waals surface area contributed by atoms with E-state index in [9.17, 15) is 0 Å². The van der Waals surface area contributed by atoms with Crippen molar-refractivity contribution in [2.45, 2.75) is 79.1 Å². The Morgan fingerprint density at radius 3 is 2.41 bits per heavy atom. The summed E-state index contributed by atoms with van der Waals surface area (Å²) in [4.78, 5) is 2.53. The van der Waals surface area contributed by atoms with Gasteiger partial charge in [-0.3, -0.25) is 4.90 Å². The van der Waals surface area contributed by atoms with Crippen LogP contribution in [0.1, 0.15) is 90.2 Å². The summed E-state index contributed by atoms with van der Waals surface area (Å²) in [5.41, 5.74) is 4.07. The molecule has 1 aromatic rings. The molecule has 0 unspecified atom stereocenters. The molecule has 1 aliphatic carbocycles. The van der Waals surface area contributed by atoms with E-state index in [-0.39, 0.29) is 16.6 Å². The fraction of sp³-hybridized carbons (Fsp3) is 0.680. The highest BCUT2D eigenvalue weighted by atomic mass is 19.1. The van der Waals surface area contributed by atoms with Crippen molar-refractivity contribution in [3.63, 3.8) is 0 Å². The Hall–Kier alpha value is -1.15.